The summed E-state index contributed by atoms with van der Waals surface area (Å²) in [6, 6.07) is 8.28. The van der Waals surface area contributed by atoms with Gasteiger partial charge < -0.3 is 14.6 Å². The number of hydrogen-bond donors (Lipinski definition) is 1. The van der Waals surface area contributed by atoms with Gasteiger partial charge in [0, 0.05) is 12.2 Å². The average Bonchev–Trinajstić information content (AvgIpc) is 2.93. The highest BCUT2D eigenvalue weighted by Crippen LogP contribution is 2.20. The van der Waals surface area contributed by atoms with Crippen LogP contribution in [0.1, 0.15) is 29.8 Å². The van der Waals surface area contributed by atoms with E-state index in [9.17, 15) is 0 Å². The topological polar surface area (TPSA) is 39.1 Å². The summed E-state index contributed by atoms with van der Waals surface area (Å²) in [5, 5.41) is 3.14. The van der Waals surface area contributed by atoms with Gasteiger partial charge in [0.25, 0.3) is 0 Å². The van der Waals surface area contributed by atoms with Crippen LogP contribution < -0.4 is 10.1 Å². The van der Waals surface area contributed by atoms with Crippen LogP contribution in [0.4, 0.5) is 0 Å². The molecule has 0 saturated heterocycles. The normalized spacial score (nSPS) is 14.0. The quantitative estimate of drug-likeness (QED) is 0.886. The van der Waals surface area contributed by atoms with Crippen molar-refractivity contribution in [2.75, 3.05) is 13.7 Å². The third kappa shape index (κ3) is 3.45. The summed E-state index contributed by atoms with van der Waals surface area (Å²) in [7, 11) is 1.95. The van der Waals surface area contributed by atoms with E-state index in [1.807, 2.05) is 25.5 Å². The third-order valence-electron chi connectivity index (χ3n) is 4.02. The molecule has 1 aliphatic carbocycles. The van der Waals surface area contributed by atoms with Gasteiger partial charge in [0.05, 0.1) is 18.6 Å². The van der Waals surface area contributed by atoms with Crippen LogP contribution in [-0.4, -0.2) is 23.2 Å². The Morgan fingerprint density at radius 2 is 2.00 bits per heavy atom. The van der Waals surface area contributed by atoms with Crippen molar-refractivity contribution in [2.24, 2.45) is 0 Å². The number of nitrogens with zero attached hydrogens (tertiary/aromatic N) is 2. The minimum absolute atomic E-state index is 0.689. The van der Waals surface area contributed by atoms with E-state index in [4.69, 9.17) is 4.74 Å². The van der Waals surface area contributed by atoms with Crippen molar-refractivity contribution < 1.29 is 4.74 Å². The standard InChI is InChI=1S/C17H23N3O/c1-18-12-14-6-8-15(9-7-14)21-11-10-20-13-19-16-4-2-3-5-17(16)20/h6-9,13,18H,2-5,10-12H2,1H3. The highest BCUT2D eigenvalue weighted by Gasteiger charge is 2.14. The molecule has 0 bridgehead atoms. The Morgan fingerprint density at radius 1 is 1.19 bits per heavy atom. The van der Waals surface area contributed by atoms with Crippen molar-refractivity contribution in [3.8, 4) is 5.75 Å². The van der Waals surface area contributed by atoms with Crippen molar-refractivity contribution in [2.45, 2.75) is 38.8 Å². The summed E-state index contributed by atoms with van der Waals surface area (Å²) in [4.78, 5) is 4.51. The number of ether oxygens (including phenoxy) is 1. The zero-order chi connectivity index (χ0) is 14.5. The van der Waals surface area contributed by atoms with Gasteiger partial charge in [-0.25, -0.2) is 4.98 Å². The highest BCUT2D eigenvalue weighted by atomic mass is 16.5. The second kappa shape index (κ2) is 6.76. The summed E-state index contributed by atoms with van der Waals surface area (Å²) in [5.74, 6) is 0.934. The van der Waals surface area contributed by atoms with Crippen molar-refractivity contribution in [3.05, 3.63) is 47.5 Å². The summed E-state index contributed by atoms with van der Waals surface area (Å²) in [6.07, 6.45) is 6.82. The first-order valence-corrected chi connectivity index (χ1v) is 7.76. The predicted octanol–water partition coefficient (Wildman–Crippen LogP) is 2.56. The maximum atomic E-state index is 5.83. The molecule has 1 aromatic carbocycles. The number of nitrogens with one attached hydrogen (secondary N) is 1. The number of aryl methyl sites for hydroxylation is 1. The van der Waals surface area contributed by atoms with Gasteiger partial charge in [-0.05, 0) is 50.4 Å². The second-order valence-electron chi connectivity index (χ2n) is 5.56. The second-order valence-corrected chi connectivity index (χ2v) is 5.56. The first-order chi connectivity index (χ1) is 10.4. The van der Waals surface area contributed by atoms with Crippen LogP contribution in [0, 0.1) is 0 Å². The van der Waals surface area contributed by atoms with E-state index in [2.05, 4.69) is 27.0 Å². The molecule has 21 heavy (non-hydrogen) atoms. The van der Waals surface area contributed by atoms with Crippen LogP contribution in [0.3, 0.4) is 0 Å². The maximum absolute atomic E-state index is 5.83. The van der Waals surface area contributed by atoms with Crippen LogP contribution >= 0.6 is 0 Å². The molecule has 1 aliphatic rings. The number of imidazole rings is 1. The molecule has 0 amide bonds. The molecule has 0 atom stereocenters. The van der Waals surface area contributed by atoms with Gasteiger partial charge in [-0.2, -0.15) is 0 Å². The lowest BCUT2D eigenvalue weighted by molar-refractivity contribution is 0.296. The molecule has 4 nitrogen and oxygen atoms in total. The predicted molar refractivity (Wildman–Crippen MR) is 83.6 cm³/mol. The average molecular weight is 285 g/mol. The van der Waals surface area contributed by atoms with Crippen molar-refractivity contribution in [3.63, 3.8) is 0 Å². The Labute approximate surface area is 126 Å². The van der Waals surface area contributed by atoms with E-state index in [0.29, 0.717) is 6.61 Å². The molecular formula is C17H23N3O. The number of benzene rings is 1. The molecule has 0 unspecified atom stereocenters. The lowest BCUT2D eigenvalue weighted by atomic mass is 10.0. The largest absolute Gasteiger partial charge is 0.492 e. The van der Waals surface area contributed by atoms with Crippen LogP contribution in [0.15, 0.2) is 30.6 Å². The summed E-state index contributed by atoms with van der Waals surface area (Å²) >= 11 is 0. The van der Waals surface area contributed by atoms with Crippen molar-refractivity contribution in [1.29, 1.82) is 0 Å². The van der Waals surface area contributed by atoms with Gasteiger partial charge in [0.2, 0.25) is 0 Å². The fraction of sp³-hybridized carbons (Fsp3) is 0.471. The van der Waals surface area contributed by atoms with Crippen LogP contribution in [0.25, 0.3) is 0 Å². The van der Waals surface area contributed by atoms with Gasteiger partial charge in [0.1, 0.15) is 12.4 Å². The smallest absolute Gasteiger partial charge is 0.119 e. The van der Waals surface area contributed by atoms with Gasteiger partial charge in [-0.1, -0.05) is 12.1 Å². The zero-order valence-corrected chi connectivity index (χ0v) is 12.6. The van der Waals surface area contributed by atoms with Crippen LogP contribution in [0.2, 0.25) is 0 Å². The molecule has 2 aromatic rings. The first-order valence-electron chi connectivity index (χ1n) is 7.76. The van der Waals surface area contributed by atoms with Crippen LogP contribution in [0.5, 0.6) is 5.75 Å². The Morgan fingerprint density at radius 3 is 2.81 bits per heavy atom. The molecule has 3 rings (SSSR count). The fourth-order valence-electron chi connectivity index (χ4n) is 2.89. The Hall–Kier alpha value is -1.81. The van der Waals surface area contributed by atoms with Gasteiger partial charge in [-0.3, -0.25) is 0 Å². The van der Waals surface area contributed by atoms with E-state index in [1.54, 1.807) is 0 Å². The zero-order valence-electron chi connectivity index (χ0n) is 12.6. The highest BCUT2D eigenvalue weighted by molar-refractivity contribution is 5.27. The maximum Gasteiger partial charge on any atom is 0.119 e. The Bertz CT molecular complexity index is 574. The van der Waals surface area contributed by atoms with E-state index in [1.165, 1.54) is 29.8 Å². The lowest BCUT2D eigenvalue weighted by Gasteiger charge is -2.14. The summed E-state index contributed by atoms with van der Waals surface area (Å²) in [5.41, 5.74) is 3.97. The molecule has 0 radical (unpaired) electrons. The lowest BCUT2D eigenvalue weighted by Crippen LogP contribution is -2.13. The molecule has 1 heterocycles. The molecule has 1 N–H and O–H groups in total. The van der Waals surface area contributed by atoms with Gasteiger partial charge >= 0.3 is 0 Å². The summed E-state index contributed by atoms with van der Waals surface area (Å²) < 4.78 is 8.09. The van der Waals surface area contributed by atoms with Crippen molar-refractivity contribution >= 4 is 0 Å². The first kappa shape index (κ1) is 14.1. The van der Waals surface area contributed by atoms with E-state index in [-0.39, 0.29) is 0 Å². The molecule has 4 heteroatoms. The molecule has 1 aromatic heterocycles. The molecule has 0 aliphatic heterocycles. The van der Waals surface area contributed by atoms with E-state index < -0.39 is 0 Å². The fourth-order valence-corrected chi connectivity index (χ4v) is 2.89. The number of fused-ring (bicyclic) bond motifs is 1. The van der Waals surface area contributed by atoms with Crippen LogP contribution in [-0.2, 0) is 25.9 Å². The minimum atomic E-state index is 0.689. The van der Waals surface area contributed by atoms with E-state index >= 15 is 0 Å². The van der Waals surface area contributed by atoms with Crippen molar-refractivity contribution in [1.82, 2.24) is 14.9 Å². The molecule has 0 spiro atoms. The molecule has 0 saturated carbocycles. The third-order valence-corrected chi connectivity index (χ3v) is 4.02. The molecular weight excluding hydrogens is 262 g/mol. The summed E-state index contributed by atoms with van der Waals surface area (Å²) in [6.45, 7) is 2.45. The SMILES string of the molecule is CNCc1ccc(OCCn2cnc3c2CCCC3)cc1. The van der Waals surface area contributed by atoms with E-state index in [0.717, 1.165) is 31.7 Å². The number of hydrogen-bond acceptors (Lipinski definition) is 3. The number of aromatic nitrogens is 2. The minimum Gasteiger partial charge on any atom is -0.492 e. The van der Waals surface area contributed by atoms with Gasteiger partial charge in [0.15, 0.2) is 0 Å². The molecule has 0 fully saturated rings. The monoisotopic (exact) mass is 285 g/mol. The Kier molecular flexibility index (Phi) is 4.55. The Balaban J connectivity index is 1.52. The molecule has 112 valence electrons. The number of rotatable bonds is 6. The van der Waals surface area contributed by atoms with Gasteiger partial charge in [-0.15, -0.1) is 0 Å².